The Morgan fingerprint density at radius 2 is 2.17 bits per heavy atom. The van der Waals surface area contributed by atoms with Gasteiger partial charge in [0.15, 0.2) is 0 Å². The summed E-state index contributed by atoms with van der Waals surface area (Å²) in [5.74, 6) is 0.326. The second-order valence-electron chi connectivity index (χ2n) is 5.32. The van der Waals surface area contributed by atoms with Crippen LogP contribution in [-0.2, 0) is 18.3 Å². The number of benzene rings is 1. The maximum absolute atomic E-state index is 12.3. The van der Waals surface area contributed by atoms with E-state index in [-0.39, 0.29) is 12.3 Å². The van der Waals surface area contributed by atoms with E-state index in [4.69, 9.17) is 4.42 Å². The molecule has 0 aliphatic rings. The van der Waals surface area contributed by atoms with Gasteiger partial charge in [-0.05, 0) is 32.0 Å². The van der Waals surface area contributed by atoms with Gasteiger partial charge in [0, 0.05) is 29.6 Å². The summed E-state index contributed by atoms with van der Waals surface area (Å²) in [6, 6.07) is 7.30. The molecule has 7 heteroatoms. The van der Waals surface area contributed by atoms with Gasteiger partial charge in [-0.3, -0.25) is 9.48 Å². The van der Waals surface area contributed by atoms with Gasteiger partial charge in [0.25, 0.3) is 0 Å². The second-order valence-corrected chi connectivity index (χ2v) is 5.32. The van der Waals surface area contributed by atoms with Crippen molar-refractivity contribution in [1.82, 2.24) is 20.0 Å². The lowest BCUT2D eigenvalue weighted by atomic mass is 10.1. The predicted octanol–water partition coefficient (Wildman–Crippen LogP) is 2.27. The molecule has 3 rings (SSSR count). The zero-order valence-corrected chi connectivity index (χ0v) is 13.2. The molecular weight excluding hydrogens is 294 g/mol. The summed E-state index contributed by atoms with van der Waals surface area (Å²) in [5.41, 5.74) is 4.27. The molecule has 23 heavy (non-hydrogen) atoms. The molecule has 7 nitrogen and oxygen atoms in total. The number of anilines is 1. The van der Waals surface area contributed by atoms with Gasteiger partial charge in [-0.25, -0.2) is 0 Å². The molecule has 0 saturated carbocycles. The second kappa shape index (κ2) is 6.04. The number of nitrogens with zero attached hydrogens (tertiary/aromatic N) is 4. The number of aryl methyl sites for hydroxylation is 2. The molecule has 1 amide bonds. The van der Waals surface area contributed by atoms with Crippen LogP contribution < -0.4 is 5.32 Å². The van der Waals surface area contributed by atoms with Gasteiger partial charge in [0.2, 0.25) is 18.2 Å². The van der Waals surface area contributed by atoms with E-state index in [1.54, 1.807) is 10.7 Å². The Labute approximate surface area is 133 Å². The lowest BCUT2D eigenvalue weighted by Gasteiger charge is -2.07. The summed E-state index contributed by atoms with van der Waals surface area (Å²) < 4.78 is 6.95. The van der Waals surface area contributed by atoms with E-state index in [1.165, 1.54) is 6.39 Å². The van der Waals surface area contributed by atoms with Crippen LogP contribution in [0.1, 0.15) is 17.0 Å². The number of rotatable bonds is 4. The van der Waals surface area contributed by atoms with Crippen molar-refractivity contribution in [3.8, 4) is 11.5 Å². The molecule has 0 aliphatic carbocycles. The molecule has 0 aliphatic heterocycles. The average molecular weight is 311 g/mol. The number of carbonyl (C=O) groups excluding carboxylic acids is 1. The van der Waals surface area contributed by atoms with Crippen molar-refractivity contribution in [2.75, 3.05) is 5.32 Å². The first-order chi connectivity index (χ1) is 11.0. The Hall–Kier alpha value is -2.96. The Morgan fingerprint density at radius 1 is 1.35 bits per heavy atom. The predicted molar refractivity (Wildman–Crippen MR) is 84.7 cm³/mol. The molecule has 1 aromatic carbocycles. The Bertz CT molecular complexity index is 836. The average Bonchev–Trinajstić information content (AvgIpc) is 3.13. The molecule has 0 fully saturated rings. The van der Waals surface area contributed by atoms with Crippen LogP contribution in [0.15, 0.2) is 35.1 Å². The van der Waals surface area contributed by atoms with Gasteiger partial charge in [-0.2, -0.15) is 5.10 Å². The highest BCUT2D eigenvalue weighted by molar-refractivity contribution is 5.93. The zero-order valence-electron chi connectivity index (χ0n) is 13.2. The van der Waals surface area contributed by atoms with Crippen LogP contribution in [0.3, 0.4) is 0 Å². The maximum atomic E-state index is 12.3. The van der Waals surface area contributed by atoms with Gasteiger partial charge in [0.1, 0.15) is 0 Å². The molecule has 118 valence electrons. The zero-order chi connectivity index (χ0) is 16.4. The molecule has 0 saturated heterocycles. The third-order valence-corrected chi connectivity index (χ3v) is 3.75. The molecule has 0 unspecified atom stereocenters. The largest absolute Gasteiger partial charge is 0.423 e. The maximum Gasteiger partial charge on any atom is 0.247 e. The monoisotopic (exact) mass is 311 g/mol. The van der Waals surface area contributed by atoms with Crippen molar-refractivity contribution < 1.29 is 9.21 Å². The topological polar surface area (TPSA) is 85.8 Å². The molecule has 0 atom stereocenters. The van der Waals surface area contributed by atoms with Crippen LogP contribution in [0.4, 0.5) is 5.69 Å². The summed E-state index contributed by atoms with van der Waals surface area (Å²) in [5, 5.41) is 14.7. The molecule has 2 heterocycles. The van der Waals surface area contributed by atoms with Crippen LogP contribution in [0.5, 0.6) is 0 Å². The lowest BCUT2D eigenvalue weighted by Crippen LogP contribution is -2.15. The fourth-order valence-corrected chi connectivity index (χ4v) is 2.47. The fourth-order valence-electron chi connectivity index (χ4n) is 2.47. The van der Waals surface area contributed by atoms with E-state index in [2.05, 4.69) is 20.6 Å². The van der Waals surface area contributed by atoms with Crippen LogP contribution in [0.2, 0.25) is 0 Å². The molecule has 1 N–H and O–H groups in total. The number of hydrogen-bond donors (Lipinski definition) is 1. The molecule has 3 aromatic rings. The van der Waals surface area contributed by atoms with Crippen LogP contribution in [-0.4, -0.2) is 25.9 Å². The van der Waals surface area contributed by atoms with E-state index < -0.39 is 0 Å². The van der Waals surface area contributed by atoms with E-state index in [1.807, 2.05) is 39.1 Å². The van der Waals surface area contributed by atoms with Crippen molar-refractivity contribution in [2.24, 2.45) is 7.05 Å². The molecular formula is C16H17N5O2. The van der Waals surface area contributed by atoms with Crippen molar-refractivity contribution in [2.45, 2.75) is 20.3 Å². The van der Waals surface area contributed by atoms with Gasteiger partial charge in [0.05, 0.1) is 12.1 Å². The highest BCUT2D eigenvalue weighted by Gasteiger charge is 2.14. The number of amides is 1. The number of hydrogen-bond acceptors (Lipinski definition) is 5. The Balaban J connectivity index is 1.74. The molecule has 0 bridgehead atoms. The minimum Gasteiger partial charge on any atom is -0.423 e. The number of carbonyl (C=O) groups is 1. The molecule has 0 radical (unpaired) electrons. The number of aromatic nitrogens is 4. The summed E-state index contributed by atoms with van der Waals surface area (Å²) in [6.45, 7) is 3.87. The summed E-state index contributed by atoms with van der Waals surface area (Å²) in [4.78, 5) is 12.3. The Kier molecular flexibility index (Phi) is 3.92. The van der Waals surface area contributed by atoms with Gasteiger partial charge in [-0.15, -0.1) is 10.2 Å². The third kappa shape index (κ3) is 3.13. The number of nitrogens with one attached hydrogen (secondary N) is 1. The summed E-state index contributed by atoms with van der Waals surface area (Å²) in [7, 11) is 1.87. The standard InChI is InChI=1S/C16H17N5O2/c1-10-14(11(2)21(3)20-10)8-15(22)18-13-6-4-5-12(7-13)16-19-17-9-23-16/h4-7,9H,8H2,1-3H3,(H,18,22). The van der Waals surface area contributed by atoms with E-state index >= 15 is 0 Å². The lowest BCUT2D eigenvalue weighted by molar-refractivity contribution is -0.115. The molecule has 2 aromatic heterocycles. The normalized spacial score (nSPS) is 10.7. The van der Waals surface area contributed by atoms with Crippen molar-refractivity contribution in [3.05, 3.63) is 47.6 Å². The van der Waals surface area contributed by atoms with Crippen LogP contribution in [0.25, 0.3) is 11.5 Å². The van der Waals surface area contributed by atoms with Crippen molar-refractivity contribution in [1.29, 1.82) is 0 Å². The first kappa shape index (κ1) is 15.0. The van der Waals surface area contributed by atoms with E-state index in [9.17, 15) is 4.79 Å². The molecule has 0 spiro atoms. The first-order valence-electron chi connectivity index (χ1n) is 7.20. The highest BCUT2D eigenvalue weighted by atomic mass is 16.4. The van der Waals surface area contributed by atoms with E-state index in [0.29, 0.717) is 11.6 Å². The quantitative estimate of drug-likeness (QED) is 0.799. The van der Waals surface area contributed by atoms with Gasteiger partial charge < -0.3 is 9.73 Å². The first-order valence-corrected chi connectivity index (χ1v) is 7.20. The van der Waals surface area contributed by atoms with Gasteiger partial charge >= 0.3 is 0 Å². The Morgan fingerprint density at radius 3 is 2.83 bits per heavy atom. The summed E-state index contributed by atoms with van der Waals surface area (Å²) >= 11 is 0. The van der Waals surface area contributed by atoms with Crippen LogP contribution >= 0.6 is 0 Å². The smallest absolute Gasteiger partial charge is 0.247 e. The SMILES string of the molecule is Cc1nn(C)c(C)c1CC(=O)Nc1cccc(-c2nnco2)c1. The van der Waals surface area contributed by atoms with E-state index in [0.717, 1.165) is 22.5 Å². The van der Waals surface area contributed by atoms with Crippen molar-refractivity contribution >= 4 is 11.6 Å². The van der Waals surface area contributed by atoms with Crippen LogP contribution in [0, 0.1) is 13.8 Å². The fraction of sp³-hybridized carbons (Fsp3) is 0.250. The minimum absolute atomic E-state index is 0.0909. The minimum atomic E-state index is -0.0909. The summed E-state index contributed by atoms with van der Waals surface area (Å²) in [6.07, 6.45) is 1.56. The van der Waals surface area contributed by atoms with Crippen molar-refractivity contribution in [3.63, 3.8) is 0 Å². The highest BCUT2D eigenvalue weighted by Crippen LogP contribution is 2.21. The third-order valence-electron chi connectivity index (χ3n) is 3.75. The van der Waals surface area contributed by atoms with Gasteiger partial charge in [-0.1, -0.05) is 6.07 Å².